The van der Waals surface area contributed by atoms with Crippen molar-refractivity contribution in [3.8, 4) is 0 Å². The first-order valence-electron chi connectivity index (χ1n) is 9.51. The van der Waals surface area contributed by atoms with E-state index < -0.39 is 0 Å². The van der Waals surface area contributed by atoms with Crippen molar-refractivity contribution in [3.63, 3.8) is 0 Å². The largest absolute Gasteiger partial charge is 0.396 e. The summed E-state index contributed by atoms with van der Waals surface area (Å²) in [6.45, 7) is 5.24. The zero-order valence-electron chi connectivity index (χ0n) is 15.0. The average molecular weight is 361 g/mol. The van der Waals surface area contributed by atoms with Crippen LogP contribution in [-0.4, -0.2) is 95.4 Å². The first-order chi connectivity index (χ1) is 12.7. The molecule has 2 aliphatic heterocycles. The second-order valence-corrected chi connectivity index (χ2v) is 7.40. The van der Waals surface area contributed by atoms with Crippen molar-refractivity contribution in [2.45, 2.75) is 25.0 Å². The Morgan fingerprint density at radius 2 is 1.92 bits per heavy atom. The summed E-state index contributed by atoms with van der Waals surface area (Å²) in [5, 5.41) is 9.44. The summed E-state index contributed by atoms with van der Waals surface area (Å²) >= 11 is 0. The molecule has 1 unspecified atom stereocenters. The molecular weight excluding hydrogens is 334 g/mol. The smallest absolute Gasteiger partial charge is 0.237 e. The molecule has 2 saturated heterocycles. The van der Waals surface area contributed by atoms with E-state index in [-0.39, 0.29) is 30.6 Å². The van der Waals surface area contributed by atoms with E-state index in [1.807, 2.05) is 11.0 Å². The quantitative estimate of drug-likeness (QED) is 0.781. The highest BCUT2D eigenvalue weighted by Crippen LogP contribution is 2.34. The number of aromatic nitrogens is 2. The number of hydrogen-bond donors (Lipinski definition) is 1. The van der Waals surface area contributed by atoms with Crippen LogP contribution in [0.25, 0.3) is 0 Å². The monoisotopic (exact) mass is 361 g/mol. The van der Waals surface area contributed by atoms with Crippen molar-refractivity contribution in [1.29, 1.82) is 0 Å². The van der Waals surface area contributed by atoms with Gasteiger partial charge >= 0.3 is 0 Å². The lowest BCUT2D eigenvalue weighted by molar-refractivity contribution is -0.145. The fourth-order valence-electron chi connectivity index (χ4n) is 4.35. The van der Waals surface area contributed by atoms with Crippen LogP contribution in [0.5, 0.6) is 0 Å². The molecule has 1 N–H and O–H groups in total. The Morgan fingerprint density at radius 1 is 1.15 bits per heavy atom. The van der Waals surface area contributed by atoms with E-state index in [4.69, 9.17) is 4.74 Å². The van der Waals surface area contributed by atoms with E-state index in [1.54, 1.807) is 12.4 Å². The van der Waals surface area contributed by atoms with E-state index in [0.29, 0.717) is 19.7 Å². The molecule has 1 saturated carbocycles. The zero-order valence-corrected chi connectivity index (χ0v) is 15.0. The third-order valence-electron chi connectivity index (χ3n) is 5.78. The lowest BCUT2D eigenvalue weighted by Gasteiger charge is -2.40. The van der Waals surface area contributed by atoms with Gasteiger partial charge in [-0.2, -0.15) is 0 Å². The van der Waals surface area contributed by atoms with Gasteiger partial charge in [0.2, 0.25) is 11.9 Å². The van der Waals surface area contributed by atoms with Crippen molar-refractivity contribution in [2.24, 2.45) is 5.92 Å². The summed E-state index contributed by atoms with van der Waals surface area (Å²) in [5.74, 6) is 1.20. The number of amides is 1. The van der Waals surface area contributed by atoms with Crippen molar-refractivity contribution in [2.75, 3.05) is 57.4 Å². The molecule has 1 aromatic heterocycles. The SMILES string of the molecule is O=C(CN1CCN(c2ncccn2)CC1)N1CCOC2C[C@H](CO)C[C@@H]21. The van der Waals surface area contributed by atoms with Gasteiger partial charge in [0.1, 0.15) is 0 Å². The van der Waals surface area contributed by atoms with Crippen LogP contribution in [0.15, 0.2) is 18.5 Å². The lowest BCUT2D eigenvalue weighted by atomic mass is 10.1. The molecule has 3 fully saturated rings. The van der Waals surface area contributed by atoms with E-state index in [9.17, 15) is 9.90 Å². The van der Waals surface area contributed by atoms with E-state index >= 15 is 0 Å². The molecule has 0 bridgehead atoms. The molecule has 142 valence electrons. The molecule has 3 atom stereocenters. The third kappa shape index (κ3) is 3.67. The van der Waals surface area contributed by atoms with E-state index in [1.165, 1.54) is 0 Å². The Hall–Kier alpha value is -1.77. The molecule has 8 heteroatoms. The van der Waals surface area contributed by atoms with Gasteiger partial charge < -0.3 is 19.6 Å². The summed E-state index contributed by atoms with van der Waals surface area (Å²) in [4.78, 5) is 27.9. The number of carbonyl (C=O) groups excluding carboxylic acids is 1. The maximum atomic E-state index is 12.9. The Morgan fingerprint density at radius 3 is 2.65 bits per heavy atom. The molecule has 3 heterocycles. The number of aliphatic hydroxyl groups excluding tert-OH is 1. The highest BCUT2D eigenvalue weighted by Gasteiger charge is 2.42. The second-order valence-electron chi connectivity index (χ2n) is 7.40. The average Bonchev–Trinajstić information content (AvgIpc) is 3.12. The number of anilines is 1. The standard InChI is InChI=1S/C18H27N5O3/c24-13-14-10-15-16(11-14)26-9-8-23(15)17(25)12-21-4-6-22(7-5-21)18-19-2-1-3-20-18/h1-3,14-16,24H,4-13H2/t14-,15+,16?/m1/s1. The van der Waals surface area contributed by atoms with Crippen LogP contribution in [0.4, 0.5) is 5.95 Å². The summed E-state index contributed by atoms with van der Waals surface area (Å²) in [5.41, 5.74) is 0. The van der Waals surface area contributed by atoms with Crippen molar-refractivity contribution < 1.29 is 14.6 Å². The van der Waals surface area contributed by atoms with E-state index in [0.717, 1.165) is 45.0 Å². The van der Waals surface area contributed by atoms with Gasteiger partial charge in [0.05, 0.1) is 25.3 Å². The Balaban J connectivity index is 1.30. The predicted octanol–water partition coefficient (Wildman–Crippen LogP) is -0.403. The van der Waals surface area contributed by atoms with Crippen LogP contribution >= 0.6 is 0 Å². The fraction of sp³-hybridized carbons (Fsp3) is 0.722. The van der Waals surface area contributed by atoms with Gasteiger partial charge in [-0.3, -0.25) is 9.69 Å². The summed E-state index contributed by atoms with van der Waals surface area (Å²) in [6, 6.07) is 1.95. The topological polar surface area (TPSA) is 82.0 Å². The molecule has 0 radical (unpaired) electrons. The molecule has 1 amide bonds. The van der Waals surface area contributed by atoms with Gasteiger partial charge in [-0.15, -0.1) is 0 Å². The number of carbonyl (C=O) groups is 1. The number of ether oxygens (including phenoxy) is 1. The predicted molar refractivity (Wildman–Crippen MR) is 95.7 cm³/mol. The first kappa shape index (κ1) is 17.6. The van der Waals surface area contributed by atoms with Crippen LogP contribution in [0.3, 0.4) is 0 Å². The molecule has 1 aliphatic carbocycles. The number of aliphatic hydroxyl groups is 1. The number of piperazine rings is 1. The zero-order chi connectivity index (χ0) is 17.9. The van der Waals surface area contributed by atoms with Gasteiger partial charge in [-0.25, -0.2) is 9.97 Å². The number of fused-ring (bicyclic) bond motifs is 1. The van der Waals surface area contributed by atoms with Crippen LogP contribution in [-0.2, 0) is 9.53 Å². The Bertz CT molecular complexity index is 608. The number of nitrogens with zero attached hydrogens (tertiary/aromatic N) is 5. The molecule has 4 rings (SSSR count). The maximum Gasteiger partial charge on any atom is 0.237 e. The molecule has 3 aliphatic rings. The normalized spacial score (nSPS) is 29.7. The number of morpholine rings is 1. The molecule has 8 nitrogen and oxygen atoms in total. The minimum absolute atomic E-state index is 0.0944. The molecule has 26 heavy (non-hydrogen) atoms. The van der Waals surface area contributed by atoms with Gasteiger partial charge in [0.15, 0.2) is 0 Å². The highest BCUT2D eigenvalue weighted by molar-refractivity contribution is 5.79. The molecular formula is C18H27N5O3. The van der Waals surface area contributed by atoms with Crippen molar-refractivity contribution in [1.82, 2.24) is 19.8 Å². The number of hydrogen-bond acceptors (Lipinski definition) is 7. The minimum Gasteiger partial charge on any atom is -0.396 e. The second kappa shape index (κ2) is 7.85. The van der Waals surface area contributed by atoms with Crippen LogP contribution in [0, 0.1) is 5.92 Å². The van der Waals surface area contributed by atoms with Gasteiger partial charge in [0, 0.05) is 51.7 Å². The van der Waals surface area contributed by atoms with Gasteiger partial charge in [-0.05, 0) is 24.8 Å². The highest BCUT2D eigenvalue weighted by atomic mass is 16.5. The van der Waals surface area contributed by atoms with E-state index in [2.05, 4.69) is 19.8 Å². The lowest BCUT2D eigenvalue weighted by Crippen LogP contribution is -2.55. The fourth-order valence-corrected chi connectivity index (χ4v) is 4.35. The van der Waals surface area contributed by atoms with Crippen LogP contribution in [0.1, 0.15) is 12.8 Å². The van der Waals surface area contributed by atoms with Crippen LogP contribution < -0.4 is 4.90 Å². The van der Waals surface area contributed by atoms with Crippen LogP contribution in [0.2, 0.25) is 0 Å². The van der Waals surface area contributed by atoms with Gasteiger partial charge in [-0.1, -0.05) is 0 Å². The molecule has 1 aromatic rings. The van der Waals surface area contributed by atoms with Crippen molar-refractivity contribution >= 4 is 11.9 Å². The minimum atomic E-state index is 0.0944. The van der Waals surface area contributed by atoms with Crippen molar-refractivity contribution in [3.05, 3.63) is 18.5 Å². The Labute approximate surface area is 153 Å². The molecule has 0 aromatic carbocycles. The summed E-state index contributed by atoms with van der Waals surface area (Å²) < 4.78 is 5.83. The Kier molecular flexibility index (Phi) is 5.33. The van der Waals surface area contributed by atoms with Gasteiger partial charge in [0.25, 0.3) is 0 Å². The first-order valence-corrected chi connectivity index (χ1v) is 9.51. The molecule has 0 spiro atoms. The third-order valence-corrected chi connectivity index (χ3v) is 5.78. The summed E-state index contributed by atoms with van der Waals surface area (Å²) in [6.07, 6.45) is 5.33. The number of rotatable bonds is 4. The maximum absolute atomic E-state index is 12.9. The summed E-state index contributed by atoms with van der Waals surface area (Å²) in [7, 11) is 0.